The molecule has 0 amide bonds. The van der Waals surface area contributed by atoms with Crippen LogP contribution >= 0.6 is 0 Å². The number of aryl methyl sites for hydroxylation is 2. The molecule has 4 aromatic rings. The van der Waals surface area contributed by atoms with Gasteiger partial charge in [0.15, 0.2) is 9.84 Å². The molecule has 0 aliphatic heterocycles. The van der Waals surface area contributed by atoms with E-state index in [4.69, 9.17) is 4.74 Å². The van der Waals surface area contributed by atoms with E-state index in [0.29, 0.717) is 17.9 Å². The predicted molar refractivity (Wildman–Crippen MR) is 128 cm³/mol. The Morgan fingerprint density at radius 3 is 2.36 bits per heavy atom. The van der Waals surface area contributed by atoms with Crippen LogP contribution in [0.1, 0.15) is 28.4 Å². The zero-order valence-corrected chi connectivity index (χ0v) is 19.3. The second-order valence-corrected chi connectivity index (χ2v) is 10.1. The molecule has 1 aromatic heterocycles. The van der Waals surface area contributed by atoms with E-state index in [1.165, 1.54) is 12.1 Å². The number of aromatic nitrogens is 1. The molecule has 6 nitrogen and oxygen atoms in total. The van der Waals surface area contributed by atoms with E-state index in [0.717, 1.165) is 27.7 Å². The minimum atomic E-state index is -3.63. The van der Waals surface area contributed by atoms with Gasteiger partial charge in [-0.05, 0) is 55.8 Å². The molecule has 170 valence electrons. The third-order valence-corrected chi connectivity index (χ3v) is 7.29. The van der Waals surface area contributed by atoms with Crippen LogP contribution < -0.4 is 10.2 Å². The van der Waals surface area contributed by atoms with Crippen molar-refractivity contribution in [2.45, 2.75) is 31.4 Å². The highest BCUT2D eigenvalue weighted by Crippen LogP contribution is 2.24. The molecule has 1 unspecified atom stereocenters. The van der Waals surface area contributed by atoms with Gasteiger partial charge in [-0.3, -0.25) is 4.98 Å². The Kier molecular flexibility index (Phi) is 6.74. The number of pyridine rings is 1. The Balaban J connectivity index is 1.47. The standard InChI is InChI=1S/C26H26N2O4S/c1-18-7-9-20(10-8-18)26(28-29)17-33(30,31)23-13-11-22(12-14-23)32-16-21-15-19(2)27-25-6-4-3-5-24(21)25/h3-15,26,28-29H,16-17H2,1-2H3. The number of para-hydroxylation sites is 1. The van der Waals surface area contributed by atoms with Crippen LogP contribution in [0.25, 0.3) is 10.9 Å². The average molecular weight is 463 g/mol. The van der Waals surface area contributed by atoms with Crippen LogP contribution in [-0.4, -0.2) is 24.4 Å². The lowest BCUT2D eigenvalue weighted by Gasteiger charge is -2.16. The Labute approximate surface area is 193 Å². The average Bonchev–Trinajstić information content (AvgIpc) is 2.82. The molecule has 0 bridgehead atoms. The fraction of sp³-hybridized carbons (Fsp3) is 0.192. The smallest absolute Gasteiger partial charge is 0.180 e. The number of sulfone groups is 1. The molecule has 0 saturated heterocycles. The highest BCUT2D eigenvalue weighted by Gasteiger charge is 2.22. The maximum Gasteiger partial charge on any atom is 0.180 e. The second kappa shape index (κ2) is 9.70. The minimum absolute atomic E-state index is 0.174. The molecule has 0 spiro atoms. The van der Waals surface area contributed by atoms with Gasteiger partial charge in [0.2, 0.25) is 0 Å². The summed E-state index contributed by atoms with van der Waals surface area (Å²) in [4.78, 5) is 4.71. The maximum atomic E-state index is 12.9. The van der Waals surface area contributed by atoms with Crippen LogP contribution in [0.15, 0.2) is 83.8 Å². The molecular formula is C26H26N2O4S. The first-order valence-corrected chi connectivity index (χ1v) is 12.3. The van der Waals surface area contributed by atoms with Crippen LogP contribution in [0.3, 0.4) is 0 Å². The number of benzene rings is 3. The number of hydroxylamine groups is 1. The van der Waals surface area contributed by atoms with Gasteiger partial charge in [-0.15, -0.1) is 0 Å². The fourth-order valence-electron chi connectivity index (χ4n) is 3.74. The predicted octanol–water partition coefficient (Wildman–Crippen LogP) is 4.92. The van der Waals surface area contributed by atoms with E-state index >= 15 is 0 Å². The van der Waals surface area contributed by atoms with Gasteiger partial charge in [0.1, 0.15) is 12.4 Å². The van der Waals surface area contributed by atoms with Gasteiger partial charge in [-0.1, -0.05) is 48.0 Å². The lowest BCUT2D eigenvalue weighted by Crippen LogP contribution is -2.25. The van der Waals surface area contributed by atoms with Gasteiger partial charge in [-0.2, -0.15) is 5.48 Å². The number of hydrogen-bond acceptors (Lipinski definition) is 6. The Hall–Kier alpha value is -3.26. The van der Waals surface area contributed by atoms with Crippen LogP contribution in [-0.2, 0) is 16.4 Å². The summed E-state index contributed by atoms with van der Waals surface area (Å²) in [6.07, 6.45) is 0. The molecule has 4 rings (SSSR count). The number of nitrogens with one attached hydrogen (secondary N) is 1. The number of fused-ring (bicyclic) bond motifs is 1. The lowest BCUT2D eigenvalue weighted by molar-refractivity contribution is 0.134. The van der Waals surface area contributed by atoms with E-state index in [1.54, 1.807) is 24.3 Å². The second-order valence-electron chi connectivity index (χ2n) is 8.07. The zero-order valence-electron chi connectivity index (χ0n) is 18.5. The van der Waals surface area contributed by atoms with Gasteiger partial charge >= 0.3 is 0 Å². The molecule has 0 fully saturated rings. The normalized spacial score (nSPS) is 12.6. The first kappa shape index (κ1) is 22.9. The Morgan fingerprint density at radius 1 is 0.970 bits per heavy atom. The van der Waals surface area contributed by atoms with Crippen molar-refractivity contribution in [2.24, 2.45) is 0 Å². The van der Waals surface area contributed by atoms with Crippen LogP contribution in [0.5, 0.6) is 5.75 Å². The number of rotatable bonds is 8. The van der Waals surface area contributed by atoms with Crippen LogP contribution in [0.2, 0.25) is 0 Å². The number of nitrogens with zero attached hydrogens (tertiary/aromatic N) is 1. The molecule has 3 aromatic carbocycles. The van der Waals surface area contributed by atoms with Crippen molar-refractivity contribution in [1.29, 1.82) is 0 Å². The third-order valence-electron chi connectivity index (χ3n) is 5.53. The Bertz CT molecular complexity index is 1350. The molecular weight excluding hydrogens is 436 g/mol. The van der Waals surface area contributed by atoms with Gasteiger partial charge in [0, 0.05) is 16.6 Å². The van der Waals surface area contributed by atoms with Crippen molar-refractivity contribution < 1.29 is 18.4 Å². The van der Waals surface area contributed by atoms with E-state index in [2.05, 4.69) is 10.5 Å². The van der Waals surface area contributed by atoms with E-state index in [9.17, 15) is 13.6 Å². The summed E-state index contributed by atoms with van der Waals surface area (Å²) < 4.78 is 31.8. The van der Waals surface area contributed by atoms with Crippen molar-refractivity contribution in [3.63, 3.8) is 0 Å². The summed E-state index contributed by atoms with van der Waals surface area (Å²) in [5.74, 6) is 0.303. The third kappa shape index (κ3) is 5.39. The Morgan fingerprint density at radius 2 is 1.67 bits per heavy atom. The molecule has 0 saturated carbocycles. The molecule has 2 N–H and O–H groups in total. The minimum Gasteiger partial charge on any atom is -0.489 e. The summed E-state index contributed by atoms with van der Waals surface area (Å²) in [6, 6.07) is 22.9. The van der Waals surface area contributed by atoms with Crippen molar-refractivity contribution >= 4 is 20.7 Å². The topological polar surface area (TPSA) is 88.5 Å². The molecule has 1 heterocycles. The summed E-state index contributed by atoms with van der Waals surface area (Å²) in [6.45, 7) is 4.24. The van der Waals surface area contributed by atoms with Crippen LogP contribution in [0, 0.1) is 13.8 Å². The van der Waals surface area contributed by atoms with Crippen molar-refractivity contribution in [1.82, 2.24) is 10.5 Å². The summed E-state index contributed by atoms with van der Waals surface area (Å²) in [7, 11) is -3.63. The van der Waals surface area contributed by atoms with Gasteiger partial charge in [-0.25, -0.2) is 8.42 Å². The summed E-state index contributed by atoms with van der Waals surface area (Å²) in [5.41, 5.74) is 6.73. The molecule has 0 aliphatic rings. The quantitative estimate of drug-likeness (QED) is 0.361. The monoisotopic (exact) mass is 462 g/mol. The summed E-state index contributed by atoms with van der Waals surface area (Å²) >= 11 is 0. The van der Waals surface area contributed by atoms with Gasteiger partial charge in [0.25, 0.3) is 0 Å². The first-order chi connectivity index (χ1) is 15.9. The maximum absolute atomic E-state index is 12.9. The van der Waals surface area contributed by atoms with Crippen molar-refractivity contribution in [3.05, 3.63) is 101 Å². The largest absolute Gasteiger partial charge is 0.489 e. The number of hydrogen-bond donors (Lipinski definition) is 2. The summed E-state index contributed by atoms with van der Waals surface area (Å²) in [5, 5.41) is 10.6. The van der Waals surface area contributed by atoms with E-state index in [1.807, 2.05) is 56.3 Å². The fourth-order valence-corrected chi connectivity index (χ4v) is 5.19. The number of ether oxygens (including phenoxy) is 1. The molecule has 33 heavy (non-hydrogen) atoms. The first-order valence-electron chi connectivity index (χ1n) is 10.6. The molecule has 0 radical (unpaired) electrons. The van der Waals surface area contributed by atoms with E-state index < -0.39 is 15.9 Å². The van der Waals surface area contributed by atoms with Crippen molar-refractivity contribution in [2.75, 3.05) is 5.75 Å². The molecule has 1 atom stereocenters. The van der Waals surface area contributed by atoms with E-state index in [-0.39, 0.29) is 10.6 Å². The molecule has 7 heteroatoms. The highest BCUT2D eigenvalue weighted by molar-refractivity contribution is 7.91. The highest BCUT2D eigenvalue weighted by atomic mass is 32.2. The van der Waals surface area contributed by atoms with Gasteiger partial charge < -0.3 is 9.94 Å². The SMILES string of the molecule is Cc1ccc(C(CS(=O)(=O)c2ccc(OCc3cc(C)nc4ccccc34)cc2)NO)cc1. The molecule has 0 aliphatic carbocycles. The lowest BCUT2D eigenvalue weighted by atomic mass is 10.1. The van der Waals surface area contributed by atoms with Gasteiger partial charge in [0.05, 0.1) is 22.2 Å². The van der Waals surface area contributed by atoms with Crippen LogP contribution in [0.4, 0.5) is 0 Å². The zero-order chi connectivity index (χ0) is 23.4. The van der Waals surface area contributed by atoms with Crippen molar-refractivity contribution in [3.8, 4) is 5.75 Å².